The normalized spacial score (nSPS) is 13.9. The topological polar surface area (TPSA) is 102 Å². The van der Waals surface area contributed by atoms with E-state index in [1.807, 2.05) is 0 Å². The second-order valence-corrected chi connectivity index (χ2v) is 6.19. The lowest BCUT2D eigenvalue weighted by molar-refractivity contribution is -0.149. The van der Waals surface area contributed by atoms with Gasteiger partial charge in [0.05, 0.1) is 19.6 Å². The quantitative estimate of drug-likeness (QED) is 0.654. The van der Waals surface area contributed by atoms with Gasteiger partial charge in [-0.3, -0.25) is 9.59 Å². The molecule has 0 radical (unpaired) electrons. The van der Waals surface area contributed by atoms with Crippen LogP contribution in [0.2, 0.25) is 0 Å². The Morgan fingerprint density at radius 3 is 2.27 bits per heavy atom. The maximum atomic E-state index is 12.0. The summed E-state index contributed by atoms with van der Waals surface area (Å²) in [6, 6.07) is 0. The summed E-state index contributed by atoms with van der Waals surface area (Å²) in [5.74, 6) is -1.93. The molecule has 7 nitrogen and oxygen atoms in total. The highest BCUT2D eigenvalue weighted by atomic mass is 16.6. The van der Waals surface area contributed by atoms with E-state index in [2.05, 4.69) is 10.1 Å². The summed E-state index contributed by atoms with van der Waals surface area (Å²) < 4.78 is 9.60. The van der Waals surface area contributed by atoms with Crippen LogP contribution in [0, 0.1) is 11.8 Å². The van der Waals surface area contributed by atoms with E-state index in [-0.39, 0.29) is 18.1 Å². The minimum atomic E-state index is -0.834. The van der Waals surface area contributed by atoms with Crippen molar-refractivity contribution in [3.8, 4) is 0 Å². The van der Waals surface area contributed by atoms with Crippen molar-refractivity contribution >= 4 is 17.8 Å². The summed E-state index contributed by atoms with van der Waals surface area (Å²) in [7, 11) is 1.21. The number of methoxy groups -OCH3 is 1. The lowest BCUT2D eigenvalue weighted by Crippen LogP contribution is -2.34. The number of carbonyl (C=O) groups excluding carboxylic acids is 3. The molecular weight excluding hydrogens is 290 g/mol. The fourth-order valence-corrected chi connectivity index (χ4v) is 1.70. The van der Waals surface area contributed by atoms with Crippen molar-refractivity contribution in [2.45, 2.75) is 46.1 Å². The highest BCUT2D eigenvalue weighted by molar-refractivity contribution is 5.85. The molecule has 2 N–H and O–H groups in total. The Labute approximate surface area is 131 Å². The third kappa shape index (κ3) is 8.61. The third-order valence-electron chi connectivity index (χ3n) is 3.00. The van der Waals surface area contributed by atoms with E-state index in [0.29, 0.717) is 13.0 Å². The number of ether oxygens (including phenoxy) is 2. The molecule has 2 unspecified atom stereocenters. The van der Waals surface area contributed by atoms with Gasteiger partial charge in [-0.05, 0) is 27.2 Å². The largest absolute Gasteiger partial charge is 0.469 e. The number of rotatable bonds is 8. The number of esters is 1. The summed E-state index contributed by atoms with van der Waals surface area (Å²) in [6.45, 7) is 6.87. The molecule has 1 amide bonds. The maximum Gasteiger partial charge on any atom is 0.407 e. The minimum absolute atomic E-state index is 0.0726. The van der Waals surface area contributed by atoms with Crippen LogP contribution in [0.4, 0.5) is 4.79 Å². The number of aliphatic hydroxyl groups excluding tert-OH is 1. The van der Waals surface area contributed by atoms with Crippen molar-refractivity contribution in [1.82, 2.24) is 5.32 Å². The van der Waals surface area contributed by atoms with Crippen LogP contribution in [0.25, 0.3) is 0 Å². The van der Waals surface area contributed by atoms with E-state index >= 15 is 0 Å². The predicted octanol–water partition coefficient (Wildman–Crippen LogP) is 1.28. The molecule has 0 aromatic rings. The second-order valence-electron chi connectivity index (χ2n) is 6.19. The average molecular weight is 317 g/mol. The first kappa shape index (κ1) is 20.4. The number of ketones is 1. The first-order valence-corrected chi connectivity index (χ1v) is 7.29. The van der Waals surface area contributed by atoms with Crippen LogP contribution in [0.15, 0.2) is 0 Å². The highest BCUT2D eigenvalue weighted by Gasteiger charge is 2.24. The molecule has 0 aromatic carbocycles. The molecule has 0 aliphatic carbocycles. The van der Waals surface area contributed by atoms with Crippen LogP contribution < -0.4 is 5.32 Å². The molecule has 22 heavy (non-hydrogen) atoms. The zero-order valence-corrected chi connectivity index (χ0v) is 14.0. The number of amides is 1. The third-order valence-corrected chi connectivity index (χ3v) is 3.00. The van der Waals surface area contributed by atoms with E-state index in [0.717, 1.165) is 0 Å². The zero-order chi connectivity index (χ0) is 17.3. The molecule has 0 saturated heterocycles. The number of nitrogens with one attached hydrogen (secondary N) is 1. The van der Waals surface area contributed by atoms with Gasteiger partial charge in [0.25, 0.3) is 0 Å². The Balaban J connectivity index is 4.16. The van der Waals surface area contributed by atoms with E-state index in [1.54, 1.807) is 27.7 Å². The minimum Gasteiger partial charge on any atom is -0.469 e. The van der Waals surface area contributed by atoms with Crippen LogP contribution in [-0.2, 0) is 19.1 Å². The molecule has 128 valence electrons. The highest BCUT2D eigenvalue weighted by Crippen LogP contribution is 2.13. The number of hydrogen-bond donors (Lipinski definition) is 2. The van der Waals surface area contributed by atoms with Gasteiger partial charge >= 0.3 is 12.1 Å². The van der Waals surface area contributed by atoms with Gasteiger partial charge in [-0.2, -0.15) is 0 Å². The van der Waals surface area contributed by atoms with Crippen molar-refractivity contribution in [1.29, 1.82) is 0 Å². The van der Waals surface area contributed by atoms with Crippen molar-refractivity contribution in [3.63, 3.8) is 0 Å². The lowest BCUT2D eigenvalue weighted by atomic mass is 9.94. The maximum absolute atomic E-state index is 12.0. The Morgan fingerprint density at radius 2 is 1.82 bits per heavy atom. The van der Waals surface area contributed by atoms with Gasteiger partial charge in [0.1, 0.15) is 11.4 Å². The van der Waals surface area contributed by atoms with Gasteiger partial charge in [0.15, 0.2) is 0 Å². The van der Waals surface area contributed by atoms with Crippen molar-refractivity contribution < 1.29 is 29.0 Å². The van der Waals surface area contributed by atoms with E-state index in [1.165, 1.54) is 7.11 Å². The van der Waals surface area contributed by atoms with Gasteiger partial charge < -0.3 is 19.9 Å². The molecule has 0 bridgehead atoms. The van der Waals surface area contributed by atoms with Crippen LogP contribution in [0.5, 0.6) is 0 Å². The van der Waals surface area contributed by atoms with Gasteiger partial charge in [0, 0.05) is 18.9 Å². The van der Waals surface area contributed by atoms with Crippen LogP contribution >= 0.6 is 0 Å². The van der Waals surface area contributed by atoms with Crippen LogP contribution in [0.1, 0.15) is 40.5 Å². The number of carbonyl (C=O) groups is 3. The summed E-state index contributed by atoms with van der Waals surface area (Å²) in [5.41, 5.74) is -0.569. The van der Waals surface area contributed by atoms with Gasteiger partial charge in [0.2, 0.25) is 0 Å². The molecule has 2 atom stereocenters. The van der Waals surface area contributed by atoms with Crippen molar-refractivity contribution in [2.75, 3.05) is 20.3 Å². The Kier molecular flexibility index (Phi) is 8.70. The first-order chi connectivity index (χ1) is 10.1. The van der Waals surface area contributed by atoms with Gasteiger partial charge in [-0.25, -0.2) is 4.79 Å². The second kappa shape index (κ2) is 9.40. The number of alkyl carbamates (subject to hydrolysis) is 1. The molecule has 0 saturated carbocycles. The number of hydrogen-bond acceptors (Lipinski definition) is 6. The van der Waals surface area contributed by atoms with Gasteiger partial charge in [-0.1, -0.05) is 6.92 Å². The molecule has 0 heterocycles. The number of aliphatic hydroxyl groups is 1. The van der Waals surface area contributed by atoms with Crippen molar-refractivity contribution in [2.24, 2.45) is 11.8 Å². The molecule has 0 aliphatic rings. The predicted molar refractivity (Wildman–Crippen MR) is 80.2 cm³/mol. The summed E-state index contributed by atoms with van der Waals surface area (Å²) >= 11 is 0. The van der Waals surface area contributed by atoms with E-state index in [4.69, 9.17) is 9.84 Å². The SMILES string of the molecule is COC(=O)C(CO)CC(=O)C(C)CCNC(=O)OC(C)(C)C. The van der Waals surface area contributed by atoms with Gasteiger partial charge in [-0.15, -0.1) is 0 Å². The fraction of sp³-hybridized carbons (Fsp3) is 0.800. The fourth-order valence-electron chi connectivity index (χ4n) is 1.70. The molecular formula is C15H27NO6. The summed E-state index contributed by atoms with van der Waals surface area (Å²) in [6.07, 6.45) is -0.177. The van der Waals surface area contributed by atoms with Crippen LogP contribution in [0.3, 0.4) is 0 Å². The Morgan fingerprint density at radius 1 is 1.23 bits per heavy atom. The molecule has 0 spiro atoms. The summed E-state index contributed by atoms with van der Waals surface area (Å²) in [4.78, 5) is 34.8. The van der Waals surface area contributed by atoms with Crippen LogP contribution in [-0.4, -0.2) is 48.8 Å². The molecule has 0 aromatic heterocycles. The average Bonchev–Trinajstić information content (AvgIpc) is 2.41. The molecule has 0 rings (SSSR count). The van der Waals surface area contributed by atoms with Crippen molar-refractivity contribution in [3.05, 3.63) is 0 Å². The Bertz CT molecular complexity index is 388. The Hall–Kier alpha value is -1.63. The number of Topliss-reactive ketones (excluding diaryl/α,β-unsaturated/α-hetero) is 1. The molecule has 0 aliphatic heterocycles. The van der Waals surface area contributed by atoms with E-state index < -0.39 is 30.2 Å². The van der Waals surface area contributed by atoms with E-state index in [9.17, 15) is 14.4 Å². The molecule has 7 heteroatoms. The zero-order valence-electron chi connectivity index (χ0n) is 14.0. The monoisotopic (exact) mass is 317 g/mol. The molecule has 0 fully saturated rings. The smallest absolute Gasteiger partial charge is 0.407 e. The summed E-state index contributed by atoms with van der Waals surface area (Å²) in [5, 5.41) is 11.7. The first-order valence-electron chi connectivity index (χ1n) is 7.29. The lowest BCUT2D eigenvalue weighted by Gasteiger charge is -2.20. The standard InChI is InChI=1S/C15H27NO6/c1-10(6-7-16-14(20)22-15(2,3)4)12(18)8-11(9-17)13(19)21-5/h10-11,17H,6-9H2,1-5H3,(H,16,20).